The summed E-state index contributed by atoms with van der Waals surface area (Å²) in [6.07, 6.45) is 8.77. The molecule has 2 rings (SSSR count). The van der Waals surface area contributed by atoms with E-state index in [1.165, 1.54) is 32.1 Å². The van der Waals surface area contributed by atoms with Gasteiger partial charge in [0.05, 0.1) is 12.3 Å². The highest BCUT2D eigenvalue weighted by Crippen LogP contribution is 2.22. The maximum absolute atomic E-state index is 5.22. The second kappa shape index (κ2) is 6.94. The Labute approximate surface area is 116 Å². The lowest BCUT2D eigenvalue weighted by molar-refractivity contribution is 0.151. The molecule has 4 nitrogen and oxygen atoms in total. The van der Waals surface area contributed by atoms with Gasteiger partial charge in [-0.2, -0.15) is 0 Å². The largest absolute Gasteiger partial charge is 0.384 e. The normalized spacial score (nSPS) is 18.5. The molecule has 1 aromatic heterocycles. The summed E-state index contributed by atoms with van der Waals surface area (Å²) in [5.41, 5.74) is 1.09. The molecular weight excluding hydrogens is 238 g/mol. The predicted octanol–water partition coefficient (Wildman–Crippen LogP) is 3.22. The van der Waals surface area contributed by atoms with Gasteiger partial charge in [-0.05, 0) is 25.7 Å². The van der Waals surface area contributed by atoms with Gasteiger partial charge in [0.15, 0.2) is 0 Å². The summed E-state index contributed by atoms with van der Waals surface area (Å²) in [5, 5.41) is 3.63. The van der Waals surface area contributed by atoms with Gasteiger partial charge in [0.25, 0.3) is 0 Å². The standard InChI is InChI=1S/C15H27N3O/c1-12(11-19-3)9-18-10-13(2)16-15(18)17-14-7-5-4-6-8-14/h10,12,14H,4-9,11H2,1-3H3,(H,16,17). The highest BCUT2D eigenvalue weighted by atomic mass is 16.5. The van der Waals surface area contributed by atoms with Gasteiger partial charge in [0, 0.05) is 25.9 Å². The zero-order valence-electron chi connectivity index (χ0n) is 12.5. The van der Waals surface area contributed by atoms with Crippen molar-refractivity contribution in [3.05, 3.63) is 11.9 Å². The Morgan fingerprint density at radius 2 is 2.16 bits per heavy atom. The number of imidazole rings is 1. The lowest BCUT2D eigenvalue weighted by Crippen LogP contribution is -2.25. The van der Waals surface area contributed by atoms with E-state index < -0.39 is 0 Å². The van der Waals surface area contributed by atoms with E-state index in [0.717, 1.165) is 24.8 Å². The highest BCUT2D eigenvalue weighted by molar-refractivity contribution is 5.30. The molecule has 0 spiro atoms. The smallest absolute Gasteiger partial charge is 0.203 e. The van der Waals surface area contributed by atoms with Gasteiger partial charge in [-0.1, -0.05) is 26.2 Å². The summed E-state index contributed by atoms with van der Waals surface area (Å²) in [6.45, 7) is 6.02. The number of hydrogen-bond acceptors (Lipinski definition) is 3. The van der Waals surface area contributed by atoms with Crippen molar-refractivity contribution in [1.82, 2.24) is 9.55 Å². The van der Waals surface area contributed by atoms with Crippen molar-refractivity contribution in [2.45, 2.75) is 58.5 Å². The van der Waals surface area contributed by atoms with Crippen LogP contribution in [0.4, 0.5) is 5.95 Å². The lowest BCUT2D eigenvalue weighted by Gasteiger charge is -2.24. The molecule has 1 aliphatic rings. The maximum Gasteiger partial charge on any atom is 0.203 e. The quantitative estimate of drug-likeness (QED) is 0.858. The number of rotatable bonds is 6. The molecule has 1 unspecified atom stereocenters. The fraction of sp³-hybridized carbons (Fsp3) is 0.800. The van der Waals surface area contributed by atoms with Crippen LogP contribution in [0.3, 0.4) is 0 Å². The average molecular weight is 265 g/mol. The van der Waals surface area contributed by atoms with E-state index in [2.05, 4.69) is 34.9 Å². The van der Waals surface area contributed by atoms with E-state index in [1.807, 2.05) is 0 Å². The first-order valence-electron chi connectivity index (χ1n) is 7.48. The summed E-state index contributed by atoms with van der Waals surface area (Å²) in [5.74, 6) is 1.54. The van der Waals surface area contributed by atoms with Crippen molar-refractivity contribution in [3.63, 3.8) is 0 Å². The molecule has 1 atom stereocenters. The van der Waals surface area contributed by atoms with Gasteiger partial charge in [-0.15, -0.1) is 0 Å². The molecule has 108 valence electrons. The van der Waals surface area contributed by atoms with E-state index in [1.54, 1.807) is 7.11 Å². The van der Waals surface area contributed by atoms with E-state index in [9.17, 15) is 0 Å². The molecule has 0 aliphatic heterocycles. The molecule has 1 heterocycles. The Morgan fingerprint density at radius 1 is 1.42 bits per heavy atom. The summed E-state index contributed by atoms with van der Waals surface area (Å²) in [4.78, 5) is 4.63. The van der Waals surface area contributed by atoms with Crippen LogP contribution in [0, 0.1) is 12.8 Å². The number of aryl methyl sites for hydroxylation is 1. The molecule has 19 heavy (non-hydrogen) atoms. The SMILES string of the molecule is COCC(C)Cn1cc(C)nc1NC1CCCCC1. The van der Waals surface area contributed by atoms with Crippen molar-refractivity contribution < 1.29 is 4.74 Å². The van der Waals surface area contributed by atoms with Crippen molar-refractivity contribution in [3.8, 4) is 0 Å². The molecule has 1 aromatic rings. The molecular formula is C15H27N3O. The van der Waals surface area contributed by atoms with Crippen LogP contribution in [0.5, 0.6) is 0 Å². The second-order valence-electron chi connectivity index (χ2n) is 5.90. The van der Waals surface area contributed by atoms with Crippen molar-refractivity contribution in [2.24, 2.45) is 5.92 Å². The van der Waals surface area contributed by atoms with Gasteiger partial charge < -0.3 is 14.6 Å². The molecule has 1 N–H and O–H groups in total. The van der Waals surface area contributed by atoms with E-state index in [-0.39, 0.29) is 0 Å². The molecule has 4 heteroatoms. The molecule has 0 radical (unpaired) electrons. The molecule has 0 bridgehead atoms. The Hall–Kier alpha value is -1.03. The fourth-order valence-corrected chi connectivity index (χ4v) is 2.90. The molecule has 1 fully saturated rings. The summed E-state index contributed by atoms with van der Waals surface area (Å²) in [7, 11) is 1.76. The third-order valence-electron chi connectivity index (χ3n) is 3.79. The van der Waals surface area contributed by atoms with Crippen LogP contribution >= 0.6 is 0 Å². The topological polar surface area (TPSA) is 39.1 Å². The zero-order chi connectivity index (χ0) is 13.7. The molecule has 1 aliphatic carbocycles. The number of methoxy groups -OCH3 is 1. The highest BCUT2D eigenvalue weighted by Gasteiger charge is 2.16. The molecule has 0 aromatic carbocycles. The van der Waals surface area contributed by atoms with Crippen LogP contribution in [0.1, 0.15) is 44.7 Å². The van der Waals surface area contributed by atoms with Crippen LogP contribution in [0.2, 0.25) is 0 Å². The Bertz CT molecular complexity index is 383. The monoisotopic (exact) mass is 265 g/mol. The van der Waals surface area contributed by atoms with Crippen molar-refractivity contribution >= 4 is 5.95 Å². The first-order chi connectivity index (χ1) is 9.19. The van der Waals surface area contributed by atoms with Gasteiger partial charge >= 0.3 is 0 Å². The number of anilines is 1. The predicted molar refractivity (Wildman–Crippen MR) is 78.5 cm³/mol. The number of aromatic nitrogens is 2. The second-order valence-corrected chi connectivity index (χ2v) is 5.90. The fourth-order valence-electron chi connectivity index (χ4n) is 2.90. The van der Waals surface area contributed by atoms with Crippen LogP contribution in [0.15, 0.2) is 6.20 Å². The minimum absolute atomic E-state index is 0.505. The van der Waals surface area contributed by atoms with Crippen LogP contribution in [-0.2, 0) is 11.3 Å². The van der Waals surface area contributed by atoms with E-state index in [0.29, 0.717) is 12.0 Å². The Morgan fingerprint density at radius 3 is 2.84 bits per heavy atom. The minimum Gasteiger partial charge on any atom is -0.384 e. The number of nitrogens with zero attached hydrogens (tertiary/aromatic N) is 2. The van der Waals surface area contributed by atoms with Gasteiger partial charge in [0.2, 0.25) is 5.95 Å². The Kier molecular flexibility index (Phi) is 5.25. The lowest BCUT2D eigenvalue weighted by atomic mass is 9.96. The van der Waals surface area contributed by atoms with Crippen LogP contribution in [0.25, 0.3) is 0 Å². The number of ether oxygens (including phenoxy) is 1. The average Bonchev–Trinajstić information content (AvgIpc) is 2.71. The summed E-state index contributed by atoms with van der Waals surface area (Å²) < 4.78 is 7.46. The van der Waals surface area contributed by atoms with Gasteiger partial charge in [-0.25, -0.2) is 4.98 Å². The zero-order valence-corrected chi connectivity index (χ0v) is 12.5. The van der Waals surface area contributed by atoms with Gasteiger partial charge in [0.1, 0.15) is 0 Å². The van der Waals surface area contributed by atoms with Crippen LogP contribution < -0.4 is 5.32 Å². The molecule has 0 amide bonds. The van der Waals surface area contributed by atoms with Crippen molar-refractivity contribution in [1.29, 1.82) is 0 Å². The third-order valence-corrected chi connectivity index (χ3v) is 3.79. The van der Waals surface area contributed by atoms with E-state index >= 15 is 0 Å². The molecule has 1 saturated carbocycles. The van der Waals surface area contributed by atoms with E-state index in [4.69, 9.17) is 4.74 Å². The Balaban J connectivity index is 1.98. The van der Waals surface area contributed by atoms with Gasteiger partial charge in [-0.3, -0.25) is 0 Å². The first kappa shape index (κ1) is 14.4. The maximum atomic E-state index is 5.22. The van der Waals surface area contributed by atoms with Crippen LogP contribution in [-0.4, -0.2) is 29.3 Å². The first-order valence-corrected chi connectivity index (χ1v) is 7.48. The number of hydrogen-bond donors (Lipinski definition) is 1. The molecule has 0 saturated heterocycles. The minimum atomic E-state index is 0.505. The van der Waals surface area contributed by atoms with Crippen molar-refractivity contribution in [2.75, 3.05) is 19.0 Å². The summed E-state index contributed by atoms with van der Waals surface area (Å²) in [6, 6.07) is 0.604. The summed E-state index contributed by atoms with van der Waals surface area (Å²) >= 11 is 0. The third kappa shape index (κ3) is 4.23. The number of nitrogens with one attached hydrogen (secondary N) is 1.